The number of hydrogen-bond acceptors (Lipinski definition) is 5. The zero-order chi connectivity index (χ0) is 20.9. The third-order valence-corrected chi connectivity index (χ3v) is 5.16. The van der Waals surface area contributed by atoms with E-state index in [9.17, 15) is 14.0 Å². The highest BCUT2D eigenvalue weighted by Crippen LogP contribution is 2.12. The van der Waals surface area contributed by atoms with Gasteiger partial charge in [-0.2, -0.15) is 0 Å². The second-order valence-corrected chi connectivity index (χ2v) is 7.16. The summed E-state index contributed by atoms with van der Waals surface area (Å²) in [6.45, 7) is 2.03. The molecule has 1 aliphatic rings. The second-order valence-electron chi connectivity index (χ2n) is 7.16. The molecular formula is C21H21FN6O2. The fourth-order valence-corrected chi connectivity index (χ4v) is 3.43. The molecule has 1 aromatic heterocycles. The third kappa shape index (κ3) is 4.68. The molecule has 9 heteroatoms. The van der Waals surface area contributed by atoms with Gasteiger partial charge in [-0.05, 0) is 45.8 Å². The standard InChI is InChI=1S/C21H21FN6O2/c22-18-5-1-16(2-6-18)13-20(29)26-9-11-27(12-10-26)21(30)14-17-3-7-19(8-4-17)28-15-23-24-25-28/h1-8,15H,9-14H2. The van der Waals surface area contributed by atoms with Crippen LogP contribution in [0.2, 0.25) is 0 Å². The first-order valence-electron chi connectivity index (χ1n) is 9.71. The van der Waals surface area contributed by atoms with Crippen molar-refractivity contribution < 1.29 is 14.0 Å². The van der Waals surface area contributed by atoms with Crippen LogP contribution >= 0.6 is 0 Å². The van der Waals surface area contributed by atoms with Crippen LogP contribution in [0, 0.1) is 5.82 Å². The lowest BCUT2D eigenvalue weighted by molar-refractivity contribution is -0.138. The summed E-state index contributed by atoms with van der Waals surface area (Å²) in [5.41, 5.74) is 2.51. The van der Waals surface area contributed by atoms with Crippen LogP contribution in [-0.2, 0) is 22.4 Å². The molecule has 1 aliphatic heterocycles. The molecule has 0 unspecified atom stereocenters. The number of hydrogen-bond donors (Lipinski definition) is 0. The minimum Gasteiger partial charge on any atom is -0.339 e. The van der Waals surface area contributed by atoms with Gasteiger partial charge in [-0.15, -0.1) is 5.10 Å². The Bertz CT molecular complexity index is 997. The van der Waals surface area contributed by atoms with E-state index in [0.29, 0.717) is 32.6 Å². The number of carbonyl (C=O) groups is 2. The minimum atomic E-state index is -0.316. The van der Waals surface area contributed by atoms with Crippen LogP contribution in [0.5, 0.6) is 0 Å². The summed E-state index contributed by atoms with van der Waals surface area (Å²) in [6.07, 6.45) is 2.05. The van der Waals surface area contributed by atoms with Gasteiger partial charge in [0.05, 0.1) is 18.5 Å². The van der Waals surface area contributed by atoms with Crippen molar-refractivity contribution in [2.24, 2.45) is 0 Å². The van der Waals surface area contributed by atoms with Crippen molar-refractivity contribution in [2.45, 2.75) is 12.8 Å². The first kappa shape index (κ1) is 19.7. The summed E-state index contributed by atoms with van der Waals surface area (Å²) >= 11 is 0. The van der Waals surface area contributed by atoms with Crippen molar-refractivity contribution >= 4 is 11.8 Å². The molecule has 0 bridgehead atoms. The molecule has 0 N–H and O–H groups in total. The quantitative estimate of drug-likeness (QED) is 0.635. The molecule has 8 nitrogen and oxygen atoms in total. The van der Waals surface area contributed by atoms with Gasteiger partial charge in [-0.25, -0.2) is 9.07 Å². The van der Waals surface area contributed by atoms with Crippen molar-refractivity contribution in [2.75, 3.05) is 26.2 Å². The van der Waals surface area contributed by atoms with Crippen LogP contribution in [0.4, 0.5) is 4.39 Å². The Kier molecular flexibility index (Phi) is 5.78. The number of carbonyl (C=O) groups excluding carboxylic acids is 2. The van der Waals surface area contributed by atoms with Crippen molar-refractivity contribution in [3.63, 3.8) is 0 Å². The predicted molar refractivity (Wildman–Crippen MR) is 106 cm³/mol. The number of benzene rings is 2. The molecule has 4 rings (SSSR count). The zero-order valence-corrected chi connectivity index (χ0v) is 16.3. The Labute approximate surface area is 172 Å². The van der Waals surface area contributed by atoms with Crippen molar-refractivity contribution in [1.29, 1.82) is 0 Å². The molecule has 0 saturated carbocycles. The molecule has 1 fully saturated rings. The fourth-order valence-electron chi connectivity index (χ4n) is 3.43. The van der Waals surface area contributed by atoms with Crippen molar-refractivity contribution in [1.82, 2.24) is 30.0 Å². The van der Waals surface area contributed by atoms with Gasteiger partial charge < -0.3 is 9.80 Å². The highest BCUT2D eigenvalue weighted by molar-refractivity contribution is 5.81. The summed E-state index contributed by atoms with van der Waals surface area (Å²) in [5.74, 6) is -0.286. The average molecular weight is 408 g/mol. The number of halogens is 1. The lowest BCUT2D eigenvalue weighted by Crippen LogP contribution is -2.51. The molecule has 0 aliphatic carbocycles. The molecule has 0 atom stereocenters. The third-order valence-electron chi connectivity index (χ3n) is 5.16. The number of piperazine rings is 1. The zero-order valence-electron chi connectivity index (χ0n) is 16.3. The van der Waals surface area contributed by atoms with Crippen LogP contribution in [0.3, 0.4) is 0 Å². The average Bonchev–Trinajstić information content (AvgIpc) is 3.31. The topological polar surface area (TPSA) is 84.2 Å². The van der Waals surface area contributed by atoms with E-state index < -0.39 is 0 Å². The van der Waals surface area contributed by atoms with Gasteiger partial charge in [0.2, 0.25) is 11.8 Å². The van der Waals surface area contributed by atoms with Gasteiger partial charge in [0.15, 0.2) is 0 Å². The van der Waals surface area contributed by atoms with Crippen LogP contribution < -0.4 is 0 Å². The monoisotopic (exact) mass is 408 g/mol. The van der Waals surface area contributed by atoms with Crippen LogP contribution in [-0.4, -0.2) is 68.0 Å². The van der Waals surface area contributed by atoms with E-state index in [1.165, 1.54) is 18.5 Å². The molecule has 3 aromatic rings. The maximum atomic E-state index is 13.0. The summed E-state index contributed by atoms with van der Waals surface area (Å²) in [5, 5.41) is 11.0. The Balaban J connectivity index is 1.26. The van der Waals surface area contributed by atoms with E-state index in [4.69, 9.17) is 0 Å². The van der Waals surface area contributed by atoms with E-state index in [2.05, 4.69) is 15.5 Å². The Morgan fingerprint density at radius 1 is 0.800 bits per heavy atom. The molecule has 2 amide bonds. The van der Waals surface area contributed by atoms with E-state index in [1.807, 2.05) is 24.3 Å². The van der Waals surface area contributed by atoms with Gasteiger partial charge >= 0.3 is 0 Å². The van der Waals surface area contributed by atoms with Crippen molar-refractivity contribution in [3.05, 3.63) is 71.8 Å². The molecule has 154 valence electrons. The van der Waals surface area contributed by atoms with E-state index >= 15 is 0 Å². The molecule has 0 spiro atoms. The Morgan fingerprint density at radius 3 is 1.77 bits per heavy atom. The van der Waals surface area contributed by atoms with E-state index in [1.54, 1.807) is 26.6 Å². The van der Waals surface area contributed by atoms with Crippen LogP contribution in [0.15, 0.2) is 54.9 Å². The molecule has 0 radical (unpaired) electrons. The lowest BCUT2D eigenvalue weighted by Gasteiger charge is -2.35. The summed E-state index contributed by atoms with van der Waals surface area (Å²) in [4.78, 5) is 28.6. The van der Waals surface area contributed by atoms with E-state index in [-0.39, 0.29) is 24.1 Å². The summed E-state index contributed by atoms with van der Waals surface area (Å²) < 4.78 is 14.5. The minimum absolute atomic E-state index is 0.00750. The normalized spacial score (nSPS) is 14.0. The highest BCUT2D eigenvalue weighted by atomic mass is 19.1. The van der Waals surface area contributed by atoms with Gasteiger partial charge in [0.1, 0.15) is 12.1 Å². The molecule has 2 heterocycles. The van der Waals surface area contributed by atoms with Gasteiger partial charge in [-0.3, -0.25) is 9.59 Å². The highest BCUT2D eigenvalue weighted by Gasteiger charge is 2.24. The fraction of sp³-hybridized carbons (Fsp3) is 0.286. The second kappa shape index (κ2) is 8.81. The molecule has 30 heavy (non-hydrogen) atoms. The maximum absolute atomic E-state index is 13.0. The molecule has 1 saturated heterocycles. The lowest BCUT2D eigenvalue weighted by atomic mass is 10.1. The molecule has 2 aromatic carbocycles. The maximum Gasteiger partial charge on any atom is 0.227 e. The number of rotatable bonds is 5. The summed E-state index contributed by atoms with van der Waals surface area (Å²) in [6, 6.07) is 13.5. The predicted octanol–water partition coefficient (Wildman–Crippen LogP) is 1.26. The Hall–Kier alpha value is -3.62. The van der Waals surface area contributed by atoms with Crippen LogP contribution in [0.1, 0.15) is 11.1 Å². The number of nitrogens with zero attached hydrogens (tertiary/aromatic N) is 6. The van der Waals surface area contributed by atoms with E-state index in [0.717, 1.165) is 16.8 Å². The number of aromatic nitrogens is 4. The smallest absolute Gasteiger partial charge is 0.227 e. The first-order chi connectivity index (χ1) is 14.6. The van der Waals surface area contributed by atoms with Gasteiger partial charge in [-0.1, -0.05) is 24.3 Å². The number of tetrazole rings is 1. The van der Waals surface area contributed by atoms with Crippen LogP contribution in [0.25, 0.3) is 5.69 Å². The summed E-state index contributed by atoms with van der Waals surface area (Å²) in [7, 11) is 0. The Morgan fingerprint density at radius 2 is 1.30 bits per heavy atom. The largest absolute Gasteiger partial charge is 0.339 e. The van der Waals surface area contributed by atoms with Crippen molar-refractivity contribution in [3.8, 4) is 5.69 Å². The van der Waals surface area contributed by atoms with Gasteiger partial charge in [0.25, 0.3) is 0 Å². The van der Waals surface area contributed by atoms with Gasteiger partial charge in [0, 0.05) is 26.2 Å². The SMILES string of the molecule is O=C(Cc1ccc(F)cc1)N1CCN(C(=O)Cc2ccc(-n3cnnn3)cc2)CC1. The number of amides is 2. The first-order valence-corrected chi connectivity index (χ1v) is 9.71. The molecular weight excluding hydrogens is 387 g/mol.